The first-order valence-electron chi connectivity index (χ1n) is 3.86. The predicted octanol–water partition coefficient (Wildman–Crippen LogP) is 2.02. The van der Waals surface area contributed by atoms with E-state index in [1.54, 1.807) is 0 Å². The highest BCUT2D eigenvalue weighted by molar-refractivity contribution is 7.97. The molecule has 1 aromatic rings. The zero-order valence-electron chi connectivity index (χ0n) is 6.29. The first kappa shape index (κ1) is 7.19. The fourth-order valence-electron chi connectivity index (χ4n) is 1.32. The monoisotopic (exact) mass is 165 g/mol. The van der Waals surface area contributed by atoms with Crippen LogP contribution in [0.25, 0.3) is 0 Å². The SMILES string of the molecule is c1ccc(C2CNSC2)cc1. The van der Waals surface area contributed by atoms with Crippen LogP contribution in [0.15, 0.2) is 30.3 Å². The summed E-state index contributed by atoms with van der Waals surface area (Å²) in [5.41, 5.74) is 1.46. The highest BCUT2D eigenvalue weighted by Gasteiger charge is 2.15. The molecule has 1 nitrogen and oxygen atoms in total. The van der Waals surface area contributed by atoms with Gasteiger partial charge in [0.2, 0.25) is 0 Å². The fourth-order valence-corrected chi connectivity index (χ4v) is 2.27. The van der Waals surface area contributed by atoms with Gasteiger partial charge in [0.05, 0.1) is 0 Å². The molecular weight excluding hydrogens is 154 g/mol. The average molecular weight is 165 g/mol. The van der Waals surface area contributed by atoms with Crippen molar-refractivity contribution in [3.05, 3.63) is 35.9 Å². The molecule has 1 unspecified atom stereocenters. The van der Waals surface area contributed by atoms with Crippen LogP contribution < -0.4 is 4.72 Å². The Hall–Kier alpha value is -0.470. The van der Waals surface area contributed by atoms with Crippen molar-refractivity contribution in [2.75, 3.05) is 12.3 Å². The van der Waals surface area contributed by atoms with E-state index >= 15 is 0 Å². The molecule has 1 fully saturated rings. The first-order chi connectivity index (χ1) is 5.47. The summed E-state index contributed by atoms with van der Waals surface area (Å²) in [5, 5.41) is 0. The second kappa shape index (κ2) is 3.28. The molecule has 0 aliphatic carbocycles. The Labute approximate surface area is 71.3 Å². The topological polar surface area (TPSA) is 12.0 Å². The van der Waals surface area contributed by atoms with Crippen molar-refractivity contribution < 1.29 is 0 Å². The number of benzene rings is 1. The van der Waals surface area contributed by atoms with Crippen LogP contribution in [-0.2, 0) is 0 Å². The minimum absolute atomic E-state index is 0.723. The van der Waals surface area contributed by atoms with Gasteiger partial charge in [0.1, 0.15) is 0 Å². The van der Waals surface area contributed by atoms with Gasteiger partial charge < -0.3 is 0 Å². The van der Waals surface area contributed by atoms with Gasteiger partial charge in [0, 0.05) is 18.2 Å². The zero-order chi connectivity index (χ0) is 7.52. The molecule has 58 valence electrons. The second-order valence-corrected chi connectivity index (χ2v) is 3.68. The molecule has 0 radical (unpaired) electrons. The van der Waals surface area contributed by atoms with E-state index in [4.69, 9.17) is 0 Å². The maximum atomic E-state index is 3.29. The van der Waals surface area contributed by atoms with Crippen molar-refractivity contribution in [2.24, 2.45) is 0 Å². The lowest BCUT2D eigenvalue weighted by atomic mass is 10.0. The Morgan fingerprint density at radius 1 is 1.27 bits per heavy atom. The Morgan fingerprint density at radius 3 is 2.73 bits per heavy atom. The van der Waals surface area contributed by atoms with Crippen LogP contribution in [-0.4, -0.2) is 12.3 Å². The number of hydrogen-bond donors (Lipinski definition) is 1. The summed E-state index contributed by atoms with van der Waals surface area (Å²) < 4.78 is 3.29. The third-order valence-electron chi connectivity index (χ3n) is 1.99. The average Bonchev–Trinajstić information content (AvgIpc) is 2.58. The highest BCUT2D eigenvalue weighted by atomic mass is 32.2. The molecule has 0 saturated carbocycles. The number of hydrogen-bond acceptors (Lipinski definition) is 2. The smallest absolute Gasteiger partial charge is 0.0160 e. The van der Waals surface area contributed by atoms with Crippen molar-refractivity contribution in [1.82, 2.24) is 4.72 Å². The molecule has 0 bridgehead atoms. The van der Waals surface area contributed by atoms with Crippen LogP contribution in [0.1, 0.15) is 11.5 Å². The third-order valence-corrected chi connectivity index (χ3v) is 2.93. The van der Waals surface area contributed by atoms with Crippen LogP contribution in [0.5, 0.6) is 0 Å². The summed E-state index contributed by atoms with van der Waals surface area (Å²) >= 11 is 1.83. The van der Waals surface area contributed by atoms with Gasteiger partial charge in [-0.25, -0.2) is 0 Å². The molecule has 1 saturated heterocycles. The second-order valence-electron chi connectivity index (χ2n) is 2.77. The summed E-state index contributed by atoms with van der Waals surface area (Å²) in [4.78, 5) is 0. The molecule has 1 atom stereocenters. The van der Waals surface area contributed by atoms with Crippen molar-refractivity contribution in [2.45, 2.75) is 5.92 Å². The summed E-state index contributed by atoms with van der Waals surface area (Å²) in [5.74, 6) is 1.94. The summed E-state index contributed by atoms with van der Waals surface area (Å²) in [6, 6.07) is 10.7. The van der Waals surface area contributed by atoms with E-state index < -0.39 is 0 Å². The minimum atomic E-state index is 0.723. The lowest BCUT2D eigenvalue weighted by Crippen LogP contribution is -2.05. The van der Waals surface area contributed by atoms with Gasteiger partial charge in [-0.3, -0.25) is 4.72 Å². The van der Waals surface area contributed by atoms with Gasteiger partial charge in [0.25, 0.3) is 0 Å². The summed E-state index contributed by atoms with van der Waals surface area (Å²) in [6.07, 6.45) is 0. The van der Waals surface area contributed by atoms with E-state index in [1.807, 2.05) is 11.9 Å². The van der Waals surface area contributed by atoms with Gasteiger partial charge >= 0.3 is 0 Å². The van der Waals surface area contributed by atoms with E-state index in [1.165, 1.54) is 11.3 Å². The predicted molar refractivity (Wildman–Crippen MR) is 49.6 cm³/mol. The van der Waals surface area contributed by atoms with Crippen molar-refractivity contribution in [1.29, 1.82) is 0 Å². The van der Waals surface area contributed by atoms with Crippen LogP contribution in [0, 0.1) is 0 Å². The lowest BCUT2D eigenvalue weighted by Gasteiger charge is -2.05. The lowest BCUT2D eigenvalue weighted by molar-refractivity contribution is 0.792. The first-order valence-corrected chi connectivity index (χ1v) is 4.85. The summed E-state index contributed by atoms with van der Waals surface area (Å²) in [7, 11) is 0. The molecule has 0 amide bonds. The maximum absolute atomic E-state index is 3.29. The number of rotatable bonds is 1. The van der Waals surface area contributed by atoms with E-state index in [0.717, 1.165) is 12.5 Å². The zero-order valence-corrected chi connectivity index (χ0v) is 7.10. The van der Waals surface area contributed by atoms with E-state index in [0.29, 0.717) is 0 Å². The molecule has 1 aliphatic rings. The van der Waals surface area contributed by atoms with Crippen LogP contribution >= 0.6 is 11.9 Å². The van der Waals surface area contributed by atoms with Crippen LogP contribution in [0.3, 0.4) is 0 Å². The molecule has 0 spiro atoms. The molecule has 0 aromatic heterocycles. The molecular formula is C9H11NS. The van der Waals surface area contributed by atoms with E-state index in [9.17, 15) is 0 Å². The van der Waals surface area contributed by atoms with Gasteiger partial charge in [0.15, 0.2) is 0 Å². The van der Waals surface area contributed by atoms with Crippen molar-refractivity contribution in [3.8, 4) is 0 Å². The van der Waals surface area contributed by atoms with Crippen LogP contribution in [0.4, 0.5) is 0 Å². The van der Waals surface area contributed by atoms with E-state index in [-0.39, 0.29) is 0 Å². The Morgan fingerprint density at radius 2 is 2.09 bits per heavy atom. The van der Waals surface area contributed by atoms with Gasteiger partial charge in [-0.2, -0.15) is 0 Å². The van der Waals surface area contributed by atoms with Gasteiger partial charge in [-0.05, 0) is 5.56 Å². The standard InChI is InChI=1S/C9H11NS/c1-2-4-8(5-3-1)9-6-10-11-7-9/h1-5,9-10H,6-7H2. The molecule has 2 heteroatoms. The summed E-state index contributed by atoms with van der Waals surface area (Å²) in [6.45, 7) is 1.12. The molecule has 1 aromatic carbocycles. The fraction of sp³-hybridized carbons (Fsp3) is 0.333. The van der Waals surface area contributed by atoms with Gasteiger partial charge in [-0.15, -0.1) is 0 Å². The Balaban J connectivity index is 2.16. The minimum Gasteiger partial charge on any atom is -0.263 e. The van der Waals surface area contributed by atoms with Crippen LogP contribution in [0.2, 0.25) is 0 Å². The molecule has 2 rings (SSSR count). The molecule has 11 heavy (non-hydrogen) atoms. The molecule has 1 aliphatic heterocycles. The molecule has 1 heterocycles. The quantitative estimate of drug-likeness (QED) is 0.639. The normalized spacial score (nSPS) is 23.8. The van der Waals surface area contributed by atoms with Gasteiger partial charge in [-0.1, -0.05) is 42.3 Å². The third kappa shape index (κ3) is 1.57. The number of nitrogens with one attached hydrogen (secondary N) is 1. The Kier molecular flexibility index (Phi) is 2.15. The van der Waals surface area contributed by atoms with Crippen molar-refractivity contribution in [3.63, 3.8) is 0 Å². The maximum Gasteiger partial charge on any atom is 0.0160 e. The van der Waals surface area contributed by atoms with E-state index in [2.05, 4.69) is 35.1 Å². The highest BCUT2D eigenvalue weighted by Crippen LogP contribution is 2.23. The largest absolute Gasteiger partial charge is 0.263 e. The Bertz CT molecular complexity index is 216. The van der Waals surface area contributed by atoms with Crippen molar-refractivity contribution >= 4 is 11.9 Å². The molecule has 1 N–H and O–H groups in total.